The Morgan fingerprint density at radius 3 is 3.07 bits per heavy atom. The quantitative estimate of drug-likeness (QED) is 0.598. The van der Waals surface area contributed by atoms with Gasteiger partial charge in [-0.25, -0.2) is 4.79 Å². The molecule has 0 aliphatic carbocycles. The van der Waals surface area contributed by atoms with E-state index in [1.807, 2.05) is 6.92 Å². The Kier molecular flexibility index (Phi) is 3.95. The molecule has 0 saturated carbocycles. The van der Waals surface area contributed by atoms with Crippen LogP contribution in [0.4, 0.5) is 0 Å². The Morgan fingerprint density at radius 1 is 1.73 bits per heavy atom. The van der Waals surface area contributed by atoms with Crippen LogP contribution in [0.2, 0.25) is 0 Å². The fraction of sp³-hybridized carbons (Fsp3) is 0.364. The molecule has 1 atom stereocenters. The van der Waals surface area contributed by atoms with Gasteiger partial charge in [0.25, 0.3) is 0 Å². The van der Waals surface area contributed by atoms with E-state index in [0.29, 0.717) is 12.3 Å². The van der Waals surface area contributed by atoms with Crippen LogP contribution in [0.15, 0.2) is 16.5 Å². The summed E-state index contributed by atoms with van der Waals surface area (Å²) in [5.74, 6) is 2.84. The van der Waals surface area contributed by atoms with Gasteiger partial charge in [-0.15, -0.1) is 6.42 Å². The summed E-state index contributed by atoms with van der Waals surface area (Å²) in [7, 11) is 1.31. The van der Waals surface area contributed by atoms with Gasteiger partial charge in [0.15, 0.2) is 0 Å². The number of terminal acetylenes is 1. The highest BCUT2D eigenvalue weighted by Gasteiger charge is 2.14. The minimum absolute atomic E-state index is 0.0283. The molecule has 1 aromatic heterocycles. The van der Waals surface area contributed by atoms with Crippen molar-refractivity contribution in [2.75, 3.05) is 13.7 Å². The summed E-state index contributed by atoms with van der Waals surface area (Å²) in [6.45, 7) is 2.35. The molecule has 0 saturated heterocycles. The first-order valence-electron chi connectivity index (χ1n) is 4.54. The molecule has 15 heavy (non-hydrogen) atoms. The molecular weight excluding hydrogens is 194 g/mol. The van der Waals surface area contributed by atoms with E-state index in [9.17, 15) is 4.79 Å². The summed E-state index contributed by atoms with van der Waals surface area (Å²) in [5.41, 5.74) is 0. The standard InChI is InChI=1S/C11H13NO3/c1-4-7-12-8(2)9-5-6-10(15-9)11(13)14-3/h1,5-6,8,12H,7H2,2-3H3. The van der Waals surface area contributed by atoms with Crippen LogP contribution < -0.4 is 5.32 Å². The molecule has 1 heterocycles. The number of methoxy groups -OCH3 is 1. The number of esters is 1. The third kappa shape index (κ3) is 2.86. The fourth-order valence-electron chi connectivity index (χ4n) is 1.11. The summed E-state index contributed by atoms with van der Waals surface area (Å²) in [6, 6.07) is 3.27. The lowest BCUT2D eigenvalue weighted by Gasteiger charge is -2.07. The van der Waals surface area contributed by atoms with Gasteiger partial charge >= 0.3 is 5.97 Å². The Bertz CT molecular complexity index is 375. The van der Waals surface area contributed by atoms with Crippen molar-refractivity contribution in [3.63, 3.8) is 0 Å². The van der Waals surface area contributed by atoms with E-state index in [1.54, 1.807) is 12.1 Å². The lowest BCUT2D eigenvalue weighted by Crippen LogP contribution is -2.18. The Balaban J connectivity index is 2.67. The highest BCUT2D eigenvalue weighted by Crippen LogP contribution is 2.16. The van der Waals surface area contributed by atoms with Crippen LogP contribution in [-0.4, -0.2) is 19.6 Å². The van der Waals surface area contributed by atoms with Crippen LogP contribution >= 0.6 is 0 Å². The second-order valence-electron chi connectivity index (χ2n) is 3.00. The lowest BCUT2D eigenvalue weighted by atomic mass is 10.2. The molecule has 0 aliphatic heterocycles. The van der Waals surface area contributed by atoms with Crippen LogP contribution in [0.3, 0.4) is 0 Å². The summed E-state index contributed by atoms with van der Waals surface area (Å²) in [5, 5.41) is 3.04. The average Bonchev–Trinajstić information content (AvgIpc) is 2.74. The SMILES string of the molecule is C#CCNC(C)c1ccc(C(=O)OC)o1. The zero-order chi connectivity index (χ0) is 11.3. The normalized spacial score (nSPS) is 11.8. The van der Waals surface area contributed by atoms with Gasteiger partial charge in [-0.1, -0.05) is 5.92 Å². The highest BCUT2D eigenvalue weighted by atomic mass is 16.5. The lowest BCUT2D eigenvalue weighted by molar-refractivity contribution is 0.0562. The number of hydrogen-bond acceptors (Lipinski definition) is 4. The van der Waals surface area contributed by atoms with Crippen molar-refractivity contribution in [1.82, 2.24) is 5.32 Å². The zero-order valence-electron chi connectivity index (χ0n) is 8.74. The molecule has 0 aliphatic rings. The Morgan fingerprint density at radius 2 is 2.47 bits per heavy atom. The van der Waals surface area contributed by atoms with Crippen molar-refractivity contribution in [2.45, 2.75) is 13.0 Å². The summed E-state index contributed by atoms with van der Waals surface area (Å²) >= 11 is 0. The first kappa shape index (κ1) is 11.3. The predicted octanol–water partition coefficient (Wildman–Crippen LogP) is 1.35. The summed E-state index contributed by atoms with van der Waals surface area (Å²) in [6.07, 6.45) is 5.11. The van der Waals surface area contributed by atoms with E-state index in [1.165, 1.54) is 7.11 Å². The van der Waals surface area contributed by atoms with Crippen molar-refractivity contribution in [2.24, 2.45) is 0 Å². The fourth-order valence-corrected chi connectivity index (χ4v) is 1.11. The summed E-state index contributed by atoms with van der Waals surface area (Å²) in [4.78, 5) is 11.1. The van der Waals surface area contributed by atoms with Crippen molar-refractivity contribution < 1.29 is 13.9 Å². The van der Waals surface area contributed by atoms with Crippen molar-refractivity contribution in [3.8, 4) is 12.3 Å². The van der Waals surface area contributed by atoms with E-state index in [-0.39, 0.29) is 11.8 Å². The maximum atomic E-state index is 11.1. The van der Waals surface area contributed by atoms with Gasteiger partial charge in [0, 0.05) is 0 Å². The molecule has 1 N–H and O–H groups in total. The van der Waals surface area contributed by atoms with Gasteiger partial charge < -0.3 is 9.15 Å². The Hall–Kier alpha value is -1.73. The molecule has 1 rings (SSSR count). The zero-order valence-corrected chi connectivity index (χ0v) is 8.74. The molecule has 4 heteroatoms. The third-order valence-electron chi connectivity index (χ3n) is 1.95. The van der Waals surface area contributed by atoms with Gasteiger partial charge in [-0.2, -0.15) is 0 Å². The number of nitrogens with one attached hydrogen (secondary N) is 1. The van der Waals surface area contributed by atoms with E-state index in [2.05, 4.69) is 16.0 Å². The number of carbonyl (C=O) groups is 1. The second-order valence-corrected chi connectivity index (χ2v) is 3.00. The van der Waals surface area contributed by atoms with Crippen LogP contribution in [0.5, 0.6) is 0 Å². The summed E-state index contributed by atoms with van der Waals surface area (Å²) < 4.78 is 9.81. The molecule has 0 aromatic carbocycles. The molecule has 0 bridgehead atoms. The van der Waals surface area contributed by atoms with Crippen molar-refractivity contribution >= 4 is 5.97 Å². The maximum absolute atomic E-state index is 11.1. The molecular formula is C11H13NO3. The second kappa shape index (κ2) is 5.23. The number of furan rings is 1. The monoisotopic (exact) mass is 207 g/mol. The average molecular weight is 207 g/mol. The van der Waals surface area contributed by atoms with Gasteiger partial charge in [0.05, 0.1) is 19.7 Å². The van der Waals surface area contributed by atoms with Crippen molar-refractivity contribution in [3.05, 3.63) is 23.7 Å². The van der Waals surface area contributed by atoms with Gasteiger partial charge in [0.1, 0.15) is 5.76 Å². The van der Waals surface area contributed by atoms with Crippen molar-refractivity contribution in [1.29, 1.82) is 0 Å². The molecule has 0 spiro atoms. The maximum Gasteiger partial charge on any atom is 0.373 e. The smallest absolute Gasteiger partial charge is 0.373 e. The van der Waals surface area contributed by atoms with Crippen LogP contribution in [0.1, 0.15) is 29.3 Å². The molecule has 4 nitrogen and oxygen atoms in total. The molecule has 0 fully saturated rings. The Labute approximate surface area is 88.6 Å². The van der Waals surface area contributed by atoms with E-state index < -0.39 is 5.97 Å². The minimum Gasteiger partial charge on any atom is -0.463 e. The predicted molar refractivity (Wildman–Crippen MR) is 55.3 cm³/mol. The largest absolute Gasteiger partial charge is 0.463 e. The molecule has 1 aromatic rings. The minimum atomic E-state index is -0.481. The third-order valence-corrected chi connectivity index (χ3v) is 1.95. The first-order valence-corrected chi connectivity index (χ1v) is 4.54. The van der Waals surface area contributed by atoms with Crippen LogP contribution in [0.25, 0.3) is 0 Å². The van der Waals surface area contributed by atoms with E-state index in [4.69, 9.17) is 10.8 Å². The molecule has 0 amide bonds. The number of carbonyl (C=O) groups excluding carboxylic acids is 1. The number of ether oxygens (including phenoxy) is 1. The molecule has 1 unspecified atom stereocenters. The van der Waals surface area contributed by atoms with E-state index >= 15 is 0 Å². The van der Waals surface area contributed by atoms with Gasteiger partial charge in [0.2, 0.25) is 5.76 Å². The molecule has 80 valence electrons. The van der Waals surface area contributed by atoms with Crippen LogP contribution in [0, 0.1) is 12.3 Å². The van der Waals surface area contributed by atoms with E-state index in [0.717, 1.165) is 0 Å². The van der Waals surface area contributed by atoms with Gasteiger partial charge in [-0.05, 0) is 19.1 Å². The number of rotatable bonds is 4. The topological polar surface area (TPSA) is 51.5 Å². The van der Waals surface area contributed by atoms with Gasteiger partial charge in [-0.3, -0.25) is 5.32 Å². The highest BCUT2D eigenvalue weighted by molar-refractivity contribution is 5.86. The number of hydrogen-bond donors (Lipinski definition) is 1. The van der Waals surface area contributed by atoms with Crippen LogP contribution in [-0.2, 0) is 4.74 Å². The first-order chi connectivity index (χ1) is 7.19. The molecule has 0 radical (unpaired) electrons.